The van der Waals surface area contributed by atoms with Gasteiger partial charge in [-0.3, -0.25) is 14.6 Å². The number of hydrogen-bond acceptors (Lipinski definition) is 6. The maximum atomic E-state index is 13.4. The maximum Gasteiger partial charge on any atom is 0.218 e. The first-order valence-electron chi connectivity index (χ1n) is 10.8. The van der Waals surface area contributed by atoms with Crippen molar-refractivity contribution in [3.8, 4) is 0 Å². The van der Waals surface area contributed by atoms with E-state index in [2.05, 4.69) is 5.32 Å². The molecule has 6 heteroatoms. The van der Waals surface area contributed by atoms with Gasteiger partial charge in [-0.25, -0.2) is 10.8 Å². The number of benzene rings is 3. The van der Waals surface area contributed by atoms with Crippen LogP contribution in [0, 0.1) is 12.8 Å². The van der Waals surface area contributed by atoms with Gasteiger partial charge in [-0.2, -0.15) is 0 Å². The van der Waals surface area contributed by atoms with Crippen molar-refractivity contribution in [3.05, 3.63) is 108 Å². The summed E-state index contributed by atoms with van der Waals surface area (Å²) in [7, 11) is 0. The molecule has 3 N–H and O–H groups in total. The standard InChI is InChI=1S/C27H26N4O2/c1-18-13-15-20(16-14-18)23-17-24(25(19(2)32)26(33)21-9-5-3-6-10-21)31(28)27(30-23)29-22-11-7-4-8-12-22/h3-17,24-25H,28H2,1-2H3,(H,29,30). The third-order valence-corrected chi connectivity index (χ3v) is 5.62. The van der Waals surface area contributed by atoms with Crippen LogP contribution in [-0.2, 0) is 4.79 Å². The van der Waals surface area contributed by atoms with Crippen LogP contribution in [0.1, 0.15) is 28.4 Å². The lowest BCUT2D eigenvalue weighted by Gasteiger charge is -2.35. The molecule has 3 aromatic carbocycles. The van der Waals surface area contributed by atoms with Crippen LogP contribution in [-0.4, -0.2) is 28.6 Å². The van der Waals surface area contributed by atoms with Gasteiger partial charge in [0, 0.05) is 16.8 Å². The van der Waals surface area contributed by atoms with Crippen molar-refractivity contribution in [2.75, 3.05) is 5.32 Å². The van der Waals surface area contributed by atoms with Gasteiger partial charge < -0.3 is 5.32 Å². The van der Waals surface area contributed by atoms with E-state index in [1.54, 1.807) is 30.3 Å². The van der Waals surface area contributed by atoms with Crippen LogP contribution in [0.5, 0.6) is 0 Å². The number of anilines is 1. The van der Waals surface area contributed by atoms with E-state index < -0.39 is 12.0 Å². The molecule has 0 radical (unpaired) electrons. The van der Waals surface area contributed by atoms with Gasteiger partial charge in [0.1, 0.15) is 11.7 Å². The van der Waals surface area contributed by atoms with Crippen molar-refractivity contribution in [1.29, 1.82) is 0 Å². The Labute approximate surface area is 193 Å². The molecule has 0 bridgehead atoms. The van der Waals surface area contributed by atoms with Crippen molar-refractivity contribution < 1.29 is 9.59 Å². The van der Waals surface area contributed by atoms with E-state index >= 15 is 0 Å². The molecule has 6 nitrogen and oxygen atoms in total. The molecule has 1 aliphatic rings. The summed E-state index contributed by atoms with van der Waals surface area (Å²) in [6.07, 6.45) is 1.80. The molecule has 1 heterocycles. The number of para-hydroxylation sites is 1. The molecular weight excluding hydrogens is 412 g/mol. The Morgan fingerprint density at radius 2 is 1.55 bits per heavy atom. The van der Waals surface area contributed by atoms with Gasteiger partial charge in [-0.05, 0) is 32.1 Å². The molecule has 1 aliphatic heterocycles. The van der Waals surface area contributed by atoms with Crippen molar-refractivity contribution in [3.63, 3.8) is 0 Å². The summed E-state index contributed by atoms with van der Waals surface area (Å²) in [5.41, 5.74) is 3.91. The summed E-state index contributed by atoms with van der Waals surface area (Å²) in [4.78, 5) is 30.9. The number of aliphatic imine (C=N–C) groups is 1. The average Bonchev–Trinajstić information content (AvgIpc) is 2.83. The van der Waals surface area contributed by atoms with E-state index in [0.29, 0.717) is 17.2 Å². The number of aryl methyl sites for hydroxylation is 1. The van der Waals surface area contributed by atoms with Crippen molar-refractivity contribution in [2.24, 2.45) is 16.8 Å². The zero-order valence-electron chi connectivity index (χ0n) is 18.6. The largest absolute Gasteiger partial charge is 0.325 e. The maximum absolute atomic E-state index is 13.4. The highest BCUT2D eigenvalue weighted by Crippen LogP contribution is 2.28. The van der Waals surface area contributed by atoms with E-state index in [1.165, 1.54) is 11.9 Å². The molecule has 0 spiro atoms. The van der Waals surface area contributed by atoms with E-state index in [-0.39, 0.29) is 11.6 Å². The minimum atomic E-state index is -0.985. The van der Waals surface area contributed by atoms with Gasteiger partial charge in [0.25, 0.3) is 0 Å². The molecule has 2 unspecified atom stereocenters. The average molecular weight is 439 g/mol. The number of carbonyl (C=O) groups excluding carboxylic acids is 2. The number of nitrogens with zero attached hydrogens (tertiary/aromatic N) is 2. The van der Waals surface area contributed by atoms with E-state index in [0.717, 1.165) is 16.8 Å². The monoisotopic (exact) mass is 438 g/mol. The van der Waals surface area contributed by atoms with E-state index in [9.17, 15) is 9.59 Å². The van der Waals surface area contributed by atoms with E-state index in [4.69, 9.17) is 10.8 Å². The third-order valence-electron chi connectivity index (χ3n) is 5.62. The molecule has 3 aromatic rings. The number of ketones is 2. The van der Waals surface area contributed by atoms with Gasteiger partial charge in [0.15, 0.2) is 5.78 Å². The molecule has 33 heavy (non-hydrogen) atoms. The number of hydrazine groups is 1. The molecule has 4 rings (SSSR count). The van der Waals surface area contributed by atoms with Crippen LogP contribution in [0.3, 0.4) is 0 Å². The SMILES string of the molecule is CC(=O)C(C(=O)c1ccccc1)C1C=C(c2ccc(C)cc2)N=C(Nc2ccccc2)N1N. The number of guanidine groups is 1. The number of nitrogens with two attached hydrogens (primary N) is 1. The molecule has 0 saturated carbocycles. The Bertz CT molecular complexity index is 1200. The lowest BCUT2D eigenvalue weighted by atomic mass is 9.86. The van der Waals surface area contributed by atoms with Crippen LogP contribution in [0.2, 0.25) is 0 Å². The fourth-order valence-electron chi connectivity index (χ4n) is 3.84. The number of carbonyl (C=O) groups is 2. The predicted octanol–water partition coefficient (Wildman–Crippen LogP) is 4.45. The van der Waals surface area contributed by atoms with Gasteiger partial charge >= 0.3 is 0 Å². The number of rotatable bonds is 6. The van der Waals surface area contributed by atoms with Gasteiger partial charge in [0.2, 0.25) is 5.96 Å². The highest BCUT2D eigenvalue weighted by molar-refractivity contribution is 6.12. The molecule has 0 saturated heterocycles. The zero-order valence-corrected chi connectivity index (χ0v) is 18.6. The van der Waals surface area contributed by atoms with Crippen LogP contribution in [0.15, 0.2) is 96.0 Å². The van der Waals surface area contributed by atoms with Crippen molar-refractivity contribution in [1.82, 2.24) is 5.01 Å². The molecule has 2 atom stereocenters. The Morgan fingerprint density at radius 1 is 0.939 bits per heavy atom. The Balaban J connectivity index is 1.77. The second-order valence-electron chi connectivity index (χ2n) is 8.06. The number of Topliss-reactive ketones (excluding diaryl/α,β-unsaturated/α-hetero) is 2. The summed E-state index contributed by atoms with van der Waals surface area (Å²) in [5, 5.41) is 4.60. The Kier molecular flexibility index (Phi) is 6.47. The van der Waals surface area contributed by atoms with Crippen molar-refractivity contribution >= 4 is 28.9 Å². The molecule has 166 valence electrons. The fraction of sp³-hybridized carbons (Fsp3) is 0.148. The third kappa shape index (κ3) is 4.91. The van der Waals surface area contributed by atoms with Crippen LogP contribution in [0.25, 0.3) is 5.70 Å². The lowest BCUT2D eigenvalue weighted by Crippen LogP contribution is -2.55. The molecule has 0 aliphatic carbocycles. The lowest BCUT2D eigenvalue weighted by molar-refractivity contribution is -0.120. The summed E-state index contributed by atoms with van der Waals surface area (Å²) >= 11 is 0. The summed E-state index contributed by atoms with van der Waals surface area (Å²) in [6.45, 7) is 3.44. The van der Waals surface area contributed by atoms with Gasteiger partial charge in [-0.15, -0.1) is 0 Å². The molecular formula is C27H26N4O2. The van der Waals surface area contributed by atoms with Gasteiger partial charge in [0.05, 0.1) is 11.7 Å². The zero-order chi connectivity index (χ0) is 23.4. The Hall–Kier alpha value is -4.03. The molecule has 0 amide bonds. The first-order valence-corrected chi connectivity index (χ1v) is 10.8. The van der Waals surface area contributed by atoms with Crippen LogP contribution >= 0.6 is 0 Å². The van der Waals surface area contributed by atoms with Crippen LogP contribution in [0.4, 0.5) is 5.69 Å². The predicted molar refractivity (Wildman–Crippen MR) is 131 cm³/mol. The second-order valence-corrected chi connectivity index (χ2v) is 8.06. The summed E-state index contributed by atoms with van der Waals surface area (Å²) in [5.74, 6) is 5.32. The highest BCUT2D eigenvalue weighted by Gasteiger charge is 2.38. The second kappa shape index (κ2) is 9.63. The minimum absolute atomic E-state index is 0.259. The molecule has 0 aromatic heterocycles. The van der Waals surface area contributed by atoms with Crippen molar-refractivity contribution in [2.45, 2.75) is 19.9 Å². The quantitative estimate of drug-likeness (QED) is 0.337. The molecule has 0 fully saturated rings. The summed E-state index contributed by atoms with van der Waals surface area (Å²) in [6, 6.07) is 25.5. The Morgan fingerprint density at radius 3 is 2.15 bits per heavy atom. The van der Waals surface area contributed by atoms with E-state index in [1.807, 2.05) is 67.6 Å². The number of hydrogen-bond donors (Lipinski definition) is 2. The first-order chi connectivity index (χ1) is 15.9. The number of nitrogens with one attached hydrogen (secondary N) is 1. The first kappa shape index (κ1) is 22.2. The normalized spacial score (nSPS) is 16.5. The fourth-order valence-corrected chi connectivity index (χ4v) is 3.84. The summed E-state index contributed by atoms with van der Waals surface area (Å²) < 4.78 is 0. The topological polar surface area (TPSA) is 87.8 Å². The smallest absolute Gasteiger partial charge is 0.218 e. The van der Waals surface area contributed by atoms with Crippen LogP contribution < -0.4 is 11.2 Å². The minimum Gasteiger partial charge on any atom is -0.325 e. The highest BCUT2D eigenvalue weighted by atomic mass is 16.2. The van der Waals surface area contributed by atoms with Gasteiger partial charge in [-0.1, -0.05) is 78.4 Å².